The number of amides is 2. The van der Waals surface area contributed by atoms with Crippen molar-refractivity contribution in [3.05, 3.63) is 69.6 Å². The molecule has 0 radical (unpaired) electrons. The summed E-state index contributed by atoms with van der Waals surface area (Å²) in [6.07, 6.45) is 4.58. The van der Waals surface area contributed by atoms with Gasteiger partial charge in [-0.05, 0) is 61.6 Å². The molecule has 0 atom stereocenters. The molecule has 1 heterocycles. The van der Waals surface area contributed by atoms with Gasteiger partial charge in [-0.2, -0.15) is 0 Å². The van der Waals surface area contributed by atoms with Crippen LogP contribution in [0.15, 0.2) is 51.7 Å². The Labute approximate surface area is 198 Å². The Morgan fingerprint density at radius 1 is 1.12 bits per heavy atom. The fraction of sp³-hybridized carbons (Fsp3) is 0.370. The number of nitrogens with one attached hydrogen (secondary N) is 2. The fourth-order valence-corrected chi connectivity index (χ4v) is 4.51. The van der Waals surface area contributed by atoms with Gasteiger partial charge < -0.3 is 19.8 Å². The standard InChI is InChI=1S/C27H30N2O5/c1-17-22-11-10-21(33-2)15-24(22)34-27(32)23(17)12-13-25(30)28-16-18-6-5-9-20(14-18)29-26(31)19-7-3-4-8-19/h5-6,9-11,14-15,19H,3-4,7-8,12-13,16H2,1-2H3,(H,28,30)(H,29,31). The van der Waals surface area contributed by atoms with E-state index in [1.54, 1.807) is 13.2 Å². The van der Waals surface area contributed by atoms with Gasteiger partial charge in [0.25, 0.3) is 0 Å². The van der Waals surface area contributed by atoms with Gasteiger partial charge in [0.1, 0.15) is 11.3 Å². The first-order chi connectivity index (χ1) is 16.4. The van der Waals surface area contributed by atoms with E-state index in [-0.39, 0.29) is 24.2 Å². The molecule has 0 bridgehead atoms. The molecule has 7 heteroatoms. The second kappa shape index (κ2) is 10.5. The summed E-state index contributed by atoms with van der Waals surface area (Å²) in [5.41, 5.74) is 2.99. The molecule has 1 aliphatic carbocycles. The number of ether oxygens (including phenoxy) is 1. The van der Waals surface area contributed by atoms with E-state index >= 15 is 0 Å². The molecule has 0 saturated heterocycles. The second-order valence-electron chi connectivity index (χ2n) is 8.80. The average Bonchev–Trinajstić information content (AvgIpc) is 3.38. The van der Waals surface area contributed by atoms with E-state index in [4.69, 9.17) is 9.15 Å². The van der Waals surface area contributed by atoms with Crippen molar-refractivity contribution < 1.29 is 18.7 Å². The quantitative estimate of drug-likeness (QED) is 0.481. The summed E-state index contributed by atoms with van der Waals surface area (Å²) in [6.45, 7) is 2.21. The maximum absolute atomic E-state index is 12.5. The van der Waals surface area contributed by atoms with Crippen molar-refractivity contribution in [3.8, 4) is 5.75 Å². The summed E-state index contributed by atoms with van der Waals surface area (Å²) in [5.74, 6) is 0.627. The lowest BCUT2D eigenvalue weighted by atomic mass is 10.0. The molecule has 2 aromatic carbocycles. The molecule has 34 heavy (non-hydrogen) atoms. The lowest BCUT2D eigenvalue weighted by Gasteiger charge is -2.12. The zero-order valence-corrected chi connectivity index (χ0v) is 19.6. The molecule has 2 N–H and O–H groups in total. The highest BCUT2D eigenvalue weighted by molar-refractivity contribution is 5.92. The van der Waals surface area contributed by atoms with Crippen molar-refractivity contribution in [1.82, 2.24) is 5.32 Å². The topological polar surface area (TPSA) is 97.6 Å². The number of hydrogen-bond donors (Lipinski definition) is 2. The molecule has 0 spiro atoms. The van der Waals surface area contributed by atoms with Gasteiger partial charge in [0, 0.05) is 41.6 Å². The van der Waals surface area contributed by atoms with Crippen molar-refractivity contribution in [3.63, 3.8) is 0 Å². The molecule has 1 aliphatic rings. The van der Waals surface area contributed by atoms with Gasteiger partial charge in [0.05, 0.1) is 7.11 Å². The summed E-state index contributed by atoms with van der Waals surface area (Å²) < 4.78 is 10.6. The van der Waals surface area contributed by atoms with E-state index in [2.05, 4.69) is 10.6 Å². The van der Waals surface area contributed by atoms with Gasteiger partial charge in [0.2, 0.25) is 11.8 Å². The number of aryl methyl sites for hydroxylation is 1. The van der Waals surface area contributed by atoms with Gasteiger partial charge >= 0.3 is 5.63 Å². The first-order valence-corrected chi connectivity index (χ1v) is 11.7. The van der Waals surface area contributed by atoms with Gasteiger partial charge in [-0.1, -0.05) is 25.0 Å². The molecular formula is C27H30N2O5. The molecule has 7 nitrogen and oxygen atoms in total. The predicted molar refractivity (Wildman–Crippen MR) is 131 cm³/mol. The SMILES string of the molecule is COc1ccc2c(C)c(CCC(=O)NCc3cccc(NC(=O)C4CCCC4)c3)c(=O)oc2c1. The van der Waals surface area contributed by atoms with E-state index < -0.39 is 5.63 Å². The van der Waals surface area contributed by atoms with Crippen LogP contribution < -0.4 is 21.0 Å². The number of carbonyl (C=O) groups excluding carboxylic acids is 2. The Bertz CT molecular complexity index is 1260. The molecule has 0 unspecified atom stereocenters. The van der Waals surface area contributed by atoms with Gasteiger partial charge in [-0.15, -0.1) is 0 Å². The van der Waals surface area contributed by atoms with Crippen LogP contribution in [0.5, 0.6) is 5.75 Å². The number of hydrogen-bond acceptors (Lipinski definition) is 5. The predicted octanol–water partition coefficient (Wildman–Crippen LogP) is 4.49. The summed E-state index contributed by atoms with van der Waals surface area (Å²) >= 11 is 0. The zero-order chi connectivity index (χ0) is 24.1. The van der Waals surface area contributed by atoms with E-state index in [0.29, 0.717) is 29.9 Å². The van der Waals surface area contributed by atoms with Crippen LogP contribution in [-0.4, -0.2) is 18.9 Å². The summed E-state index contributed by atoms with van der Waals surface area (Å²) in [5, 5.41) is 6.71. The maximum atomic E-state index is 12.5. The van der Waals surface area contributed by atoms with Gasteiger partial charge in [-0.25, -0.2) is 4.79 Å². The van der Waals surface area contributed by atoms with Crippen molar-refractivity contribution in [2.75, 3.05) is 12.4 Å². The number of anilines is 1. The number of fused-ring (bicyclic) bond motifs is 1. The minimum absolute atomic E-state index is 0.0710. The first-order valence-electron chi connectivity index (χ1n) is 11.7. The van der Waals surface area contributed by atoms with Crippen LogP contribution in [0.1, 0.15) is 48.8 Å². The molecule has 1 aromatic heterocycles. The van der Waals surface area contributed by atoms with Gasteiger partial charge in [0.15, 0.2) is 0 Å². The molecule has 2 amide bonds. The molecule has 3 aromatic rings. The maximum Gasteiger partial charge on any atom is 0.339 e. The van der Waals surface area contributed by atoms with Crippen molar-refractivity contribution >= 4 is 28.5 Å². The Balaban J connectivity index is 1.33. The Morgan fingerprint density at radius 2 is 1.91 bits per heavy atom. The highest BCUT2D eigenvalue weighted by Gasteiger charge is 2.22. The number of benzene rings is 2. The van der Waals surface area contributed by atoms with Crippen LogP contribution in [0, 0.1) is 12.8 Å². The second-order valence-corrected chi connectivity index (χ2v) is 8.80. The number of carbonyl (C=O) groups is 2. The summed E-state index contributed by atoms with van der Waals surface area (Å²) in [4.78, 5) is 37.3. The largest absolute Gasteiger partial charge is 0.497 e. The van der Waals surface area contributed by atoms with Crippen LogP contribution in [0.4, 0.5) is 5.69 Å². The summed E-state index contributed by atoms with van der Waals surface area (Å²) in [6, 6.07) is 12.9. The van der Waals surface area contributed by atoms with Crippen LogP contribution >= 0.6 is 0 Å². The van der Waals surface area contributed by atoms with Gasteiger partial charge in [-0.3, -0.25) is 9.59 Å². The van der Waals surface area contributed by atoms with Crippen molar-refractivity contribution in [1.29, 1.82) is 0 Å². The Kier molecular flexibility index (Phi) is 7.30. The summed E-state index contributed by atoms with van der Waals surface area (Å²) in [7, 11) is 1.56. The van der Waals surface area contributed by atoms with E-state index in [1.165, 1.54) is 0 Å². The molecule has 1 fully saturated rings. The van der Waals surface area contributed by atoms with Crippen molar-refractivity contribution in [2.45, 2.75) is 52.0 Å². The number of rotatable bonds is 8. The highest BCUT2D eigenvalue weighted by atomic mass is 16.5. The first kappa shape index (κ1) is 23.5. The zero-order valence-electron chi connectivity index (χ0n) is 19.6. The third kappa shape index (κ3) is 5.47. The third-order valence-corrected chi connectivity index (χ3v) is 6.51. The lowest BCUT2D eigenvalue weighted by molar-refractivity contribution is -0.121. The fourth-order valence-electron chi connectivity index (χ4n) is 4.51. The average molecular weight is 463 g/mol. The molecule has 0 aliphatic heterocycles. The minimum Gasteiger partial charge on any atom is -0.497 e. The smallest absolute Gasteiger partial charge is 0.339 e. The lowest BCUT2D eigenvalue weighted by Crippen LogP contribution is -2.24. The van der Waals surface area contributed by atoms with Crippen LogP contribution in [0.25, 0.3) is 11.0 Å². The van der Waals surface area contributed by atoms with Crippen LogP contribution in [-0.2, 0) is 22.6 Å². The van der Waals surface area contributed by atoms with E-state index in [0.717, 1.165) is 47.9 Å². The molecule has 178 valence electrons. The monoisotopic (exact) mass is 462 g/mol. The third-order valence-electron chi connectivity index (χ3n) is 6.51. The number of methoxy groups -OCH3 is 1. The van der Waals surface area contributed by atoms with Crippen molar-refractivity contribution in [2.24, 2.45) is 5.92 Å². The molecule has 1 saturated carbocycles. The minimum atomic E-state index is -0.434. The van der Waals surface area contributed by atoms with Crippen LogP contribution in [0.2, 0.25) is 0 Å². The Hall–Kier alpha value is -3.61. The highest BCUT2D eigenvalue weighted by Crippen LogP contribution is 2.26. The normalized spacial score (nSPS) is 13.7. The molecular weight excluding hydrogens is 432 g/mol. The van der Waals surface area contributed by atoms with E-state index in [1.807, 2.05) is 43.3 Å². The molecule has 4 rings (SSSR count). The van der Waals surface area contributed by atoms with Crippen LogP contribution in [0.3, 0.4) is 0 Å². The Morgan fingerprint density at radius 3 is 2.68 bits per heavy atom. The van der Waals surface area contributed by atoms with E-state index in [9.17, 15) is 14.4 Å².